The third kappa shape index (κ3) is 3.37. The fourth-order valence-corrected chi connectivity index (χ4v) is 2.83. The molecule has 0 fully saturated rings. The number of fused-ring (bicyclic) bond motifs is 1. The molecular weight excluding hydrogens is 342 g/mol. The minimum absolute atomic E-state index is 0.432. The van der Waals surface area contributed by atoms with Crippen LogP contribution >= 0.6 is 0 Å². The van der Waals surface area contributed by atoms with Crippen LogP contribution in [0.1, 0.15) is 22.1 Å². The molecule has 1 aromatic heterocycles. The molecule has 0 aliphatic rings. The summed E-state index contributed by atoms with van der Waals surface area (Å²) in [5.41, 5.74) is 2.75. The van der Waals surface area contributed by atoms with Gasteiger partial charge in [0.15, 0.2) is 0 Å². The number of carbonyl (C=O) groups is 1. The lowest BCUT2D eigenvalue weighted by Crippen LogP contribution is -2.20. The summed E-state index contributed by atoms with van der Waals surface area (Å²) in [6.07, 6.45) is -0.729. The highest BCUT2D eigenvalue weighted by Gasteiger charge is 2.23. The molecular formula is C21H17N3O3. The Morgan fingerprint density at radius 1 is 0.926 bits per heavy atom. The van der Waals surface area contributed by atoms with Crippen LogP contribution in [0.25, 0.3) is 11.0 Å². The second-order valence-electron chi connectivity index (χ2n) is 5.92. The first-order valence-corrected chi connectivity index (χ1v) is 8.46. The first kappa shape index (κ1) is 16.8. The SMILES string of the molecule is COc1ccc(C(=O)OC(c2ccccc2)n2nnc3ccccc32)cc1. The Morgan fingerprint density at radius 2 is 1.63 bits per heavy atom. The minimum Gasteiger partial charge on any atom is -0.497 e. The first-order valence-electron chi connectivity index (χ1n) is 8.46. The van der Waals surface area contributed by atoms with Gasteiger partial charge in [-0.1, -0.05) is 47.7 Å². The summed E-state index contributed by atoms with van der Waals surface area (Å²) < 4.78 is 12.6. The lowest BCUT2D eigenvalue weighted by molar-refractivity contribution is 0.0196. The predicted octanol–water partition coefficient (Wildman–Crippen LogP) is 3.84. The molecule has 3 aromatic carbocycles. The van der Waals surface area contributed by atoms with E-state index >= 15 is 0 Å². The second kappa shape index (κ2) is 7.29. The Kier molecular flexibility index (Phi) is 4.53. The molecule has 0 spiro atoms. The topological polar surface area (TPSA) is 66.2 Å². The number of ether oxygens (including phenoxy) is 2. The van der Waals surface area contributed by atoms with Gasteiger partial charge in [-0.3, -0.25) is 0 Å². The van der Waals surface area contributed by atoms with Crippen LogP contribution in [0.2, 0.25) is 0 Å². The summed E-state index contributed by atoms with van der Waals surface area (Å²) in [6, 6.07) is 23.8. The summed E-state index contributed by atoms with van der Waals surface area (Å²) in [4.78, 5) is 12.7. The average molecular weight is 359 g/mol. The van der Waals surface area contributed by atoms with Gasteiger partial charge in [-0.15, -0.1) is 5.10 Å². The van der Waals surface area contributed by atoms with Gasteiger partial charge in [0.1, 0.15) is 11.3 Å². The minimum atomic E-state index is -0.729. The molecule has 0 aliphatic heterocycles. The van der Waals surface area contributed by atoms with E-state index in [9.17, 15) is 4.79 Å². The molecule has 0 radical (unpaired) electrons. The Bertz CT molecular complexity index is 1060. The zero-order chi connectivity index (χ0) is 18.6. The number of hydrogen-bond donors (Lipinski definition) is 0. The predicted molar refractivity (Wildman–Crippen MR) is 101 cm³/mol. The van der Waals surface area contributed by atoms with Crippen molar-refractivity contribution in [2.75, 3.05) is 7.11 Å². The molecule has 1 unspecified atom stereocenters. The van der Waals surface area contributed by atoms with E-state index in [0.717, 1.165) is 16.6 Å². The fourth-order valence-electron chi connectivity index (χ4n) is 2.83. The van der Waals surface area contributed by atoms with Crippen molar-refractivity contribution in [3.05, 3.63) is 90.0 Å². The fraction of sp³-hybridized carbons (Fsp3) is 0.0952. The van der Waals surface area contributed by atoms with Crippen molar-refractivity contribution in [2.24, 2.45) is 0 Å². The van der Waals surface area contributed by atoms with Crippen molar-refractivity contribution >= 4 is 17.0 Å². The number of carbonyl (C=O) groups excluding carboxylic acids is 1. The molecule has 0 saturated carbocycles. The van der Waals surface area contributed by atoms with Crippen molar-refractivity contribution < 1.29 is 14.3 Å². The third-order valence-corrected chi connectivity index (χ3v) is 4.23. The number of para-hydroxylation sites is 1. The number of hydrogen-bond acceptors (Lipinski definition) is 5. The van der Waals surface area contributed by atoms with Crippen LogP contribution in [0.5, 0.6) is 5.75 Å². The van der Waals surface area contributed by atoms with E-state index < -0.39 is 12.2 Å². The summed E-state index contributed by atoms with van der Waals surface area (Å²) in [6.45, 7) is 0. The molecule has 27 heavy (non-hydrogen) atoms. The molecule has 4 rings (SSSR count). The van der Waals surface area contributed by atoms with Crippen LogP contribution in [0, 0.1) is 0 Å². The van der Waals surface area contributed by atoms with Gasteiger partial charge in [-0.05, 0) is 36.4 Å². The van der Waals surface area contributed by atoms with Crippen LogP contribution < -0.4 is 4.74 Å². The summed E-state index contributed by atoms with van der Waals surface area (Å²) in [7, 11) is 1.58. The van der Waals surface area contributed by atoms with Crippen LogP contribution in [0.3, 0.4) is 0 Å². The van der Waals surface area contributed by atoms with Gasteiger partial charge < -0.3 is 9.47 Å². The van der Waals surface area contributed by atoms with E-state index in [0.29, 0.717) is 11.3 Å². The van der Waals surface area contributed by atoms with Crippen LogP contribution in [-0.4, -0.2) is 28.1 Å². The second-order valence-corrected chi connectivity index (χ2v) is 5.92. The summed E-state index contributed by atoms with van der Waals surface area (Å²) >= 11 is 0. The Hall–Kier alpha value is -3.67. The van der Waals surface area contributed by atoms with Crippen molar-refractivity contribution in [2.45, 2.75) is 6.23 Å². The number of nitrogens with zero attached hydrogens (tertiary/aromatic N) is 3. The maximum atomic E-state index is 12.7. The lowest BCUT2D eigenvalue weighted by atomic mass is 10.2. The molecule has 0 aliphatic carbocycles. The van der Waals surface area contributed by atoms with Gasteiger partial charge in [-0.2, -0.15) is 0 Å². The van der Waals surface area contributed by atoms with E-state index in [2.05, 4.69) is 10.3 Å². The summed E-state index contributed by atoms with van der Waals surface area (Å²) in [5.74, 6) is 0.222. The van der Waals surface area contributed by atoms with Crippen molar-refractivity contribution in [3.63, 3.8) is 0 Å². The van der Waals surface area contributed by atoms with Gasteiger partial charge in [0.2, 0.25) is 6.23 Å². The number of methoxy groups -OCH3 is 1. The first-order chi connectivity index (χ1) is 13.3. The number of esters is 1. The molecule has 0 amide bonds. The molecule has 1 heterocycles. The van der Waals surface area contributed by atoms with Crippen molar-refractivity contribution in [1.29, 1.82) is 0 Å². The van der Waals surface area contributed by atoms with E-state index in [1.165, 1.54) is 0 Å². The highest BCUT2D eigenvalue weighted by Crippen LogP contribution is 2.25. The Balaban J connectivity index is 1.71. The summed E-state index contributed by atoms with van der Waals surface area (Å²) in [5, 5.41) is 8.39. The molecule has 6 heteroatoms. The van der Waals surface area contributed by atoms with Crippen LogP contribution in [0.4, 0.5) is 0 Å². The maximum absolute atomic E-state index is 12.7. The normalized spacial score (nSPS) is 11.9. The van der Waals surface area contributed by atoms with Crippen LogP contribution in [-0.2, 0) is 4.74 Å². The Morgan fingerprint density at radius 3 is 2.37 bits per heavy atom. The smallest absolute Gasteiger partial charge is 0.340 e. The van der Waals surface area contributed by atoms with E-state index in [1.807, 2.05) is 54.6 Å². The highest BCUT2D eigenvalue weighted by atomic mass is 16.6. The van der Waals surface area contributed by atoms with E-state index in [4.69, 9.17) is 9.47 Å². The largest absolute Gasteiger partial charge is 0.497 e. The molecule has 1 atom stereocenters. The molecule has 6 nitrogen and oxygen atoms in total. The van der Waals surface area contributed by atoms with Gasteiger partial charge in [0, 0.05) is 5.56 Å². The van der Waals surface area contributed by atoms with Gasteiger partial charge >= 0.3 is 5.97 Å². The van der Waals surface area contributed by atoms with Crippen molar-refractivity contribution in [3.8, 4) is 5.75 Å². The molecule has 0 bridgehead atoms. The lowest BCUT2D eigenvalue weighted by Gasteiger charge is -2.19. The third-order valence-electron chi connectivity index (χ3n) is 4.23. The quantitative estimate of drug-likeness (QED) is 0.507. The monoisotopic (exact) mass is 359 g/mol. The van der Waals surface area contributed by atoms with Gasteiger partial charge in [-0.25, -0.2) is 9.48 Å². The Labute approximate surface area is 156 Å². The zero-order valence-electron chi connectivity index (χ0n) is 14.6. The zero-order valence-corrected chi connectivity index (χ0v) is 14.6. The molecule has 134 valence electrons. The number of aromatic nitrogens is 3. The van der Waals surface area contributed by atoms with E-state index in [1.54, 1.807) is 36.1 Å². The van der Waals surface area contributed by atoms with Gasteiger partial charge in [0.25, 0.3) is 0 Å². The molecule has 0 N–H and O–H groups in total. The standard InChI is InChI=1S/C21H17N3O3/c1-26-17-13-11-16(12-14-17)21(25)27-20(15-7-3-2-4-8-15)24-19-10-6-5-9-18(19)22-23-24/h2-14,20H,1H3. The number of rotatable bonds is 5. The average Bonchev–Trinajstić information content (AvgIpc) is 3.16. The van der Waals surface area contributed by atoms with Gasteiger partial charge in [0.05, 0.1) is 18.2 Å². The van der Waals surface area contributed by atoms with E-state index in [-0.39, 0.29) is 0 Å². The highest BCUT2D eigenvalue weighted by molar-refractivity contribution is 5.89. The molecule has 4 aromatic rings. The maximum Gasteiger partial charge on any atom is 0.340 e. The number of benzene rings is 3. The van der Waals surface area contributed by atoms with Crippen LogP contribution in [0.15, 0.2) is 78.9 Å². The van der Waals surface area contributed by atoms with Crippen molar-refractivity contribution in [1.82, 2.24) is 15.0 Å². The molecule has 0 saturated heterocycles.